The molecule has 2 nitrogen and oxygen atoms in total. The van der Waals surface area contributed by atoms with Gasteiger partial charge in [0.15, 0.2) is 0 Å². The van der Waals surface area contributed by atoms with E-state index in [9.17, 15) is 0 Å². The highest BCUT2D eigenvalue weighted by Gasteiger charge is 2.13. The Balaban J connectivity index is 2.76. The molecule has 0 aliphatic rings. The van der Waals surface area contributed by atoms with Gasteiger partial charge in [-0.15, -0.1) is 0 Å². The van der Waals surface area contributed by atoms with Crippen LogP contribution in [0.2, 0.25) is 0 Å². The van der Waals surface area contributed by atoms with E-state index in [1.165, 1.54) is 16.5 Å². The highest BCUT2D eigenvalue weighted by Crippen LogP contribution is 2.26. The first kappa shape index (κ1) is 16.5. The molecule has 1 unspecified atom stereocenters. The lowest BCUT2D eigenvalue weighted by Gasteiger charge is -2.20. The maximum atomic E-state index is 5.32. The summed E-state index contributed by atoms with van der Waals surface area (Å²) in [4.78, 5) is 0. The zero-order chi connectivity index (χ0) is 14.3. The van der Waals surface area contributed by atoms with Crippen LogP contribution >= 0.6 is 15.9 Å². The van der Waals surface area contributed by atoms with Gasteiger partial charge in [0.05, 0.1) is 7.11 Å². The summed E-state index contributed by atoms with van der Waals surface area (Å²) in [5.74, 6) is 2.33. The van der Waals surface area contributed by atoms with Crippen molar-refractivity contribution in [3.8, 4) is 5.75 Å². The molecule has 0 aliphatic carbocycles. The van der Waals surface area contributed by atoms with E-state index in [2.05, 4.69) is 54.2 Å². The molecule has 0 radical (unpaired) electrons. The van der Waals surface area contributed by atoms with Crippen molar-refractivity contribution in [1.29, 1.82) is 0 Å². The minimum atomic E-state index is 0.670. The second-order valence-electron chi connectivity index (χ2n) is 5.46. The Bertz CT molecular complexity index is 379. The van der Waals surface area contributed by atoms with E-state index in [0.29, 0.717) is 5.92 Å². The molecule has 1 aromatic carbocycles. The fraction of sp³-hybridized carbons (Fsp3) is 0.625. The molecule has 0 saturated carbocycles. The number of methoxy groups -OCH3 is 1. The Labute approximate surface area is 126 Å². The largest absolute Gasteiger partial charge is 0.497 e. The molecule has 1 atom stereocenters. The molecule has 1 N–H and O–H groups in total. The van der Waals surface area contributed by atoms with Gasteiger partial charge in [0.2, 0.25) is 0 Å². The van der Waals surface area contributed by atoms with Crippen LogP contribution in [-0.2, 0) is 6.42 Å². The first-order valence-electron chi connectivity index (χ1n) is 7.09. The number of hydrogen-bond acceptors (Lipinski definition) is 2. The van der Waals surface area contributed by atoms with Gasteiger partial charge in [-0.1, -0.05) is 36.7 Å². The quantitative estimate of drug-likeness (QED) is 0.769. The summed E-state index contributed by atoms with van der Waals surface area (Å²) < 4.78 is 6.50. The molecule has 19 heavy (non-hydrogen) atoms. The standard InChI is InChI=1S/C16H26BrNO/c1-5-18-11-13(8-12(2)3)9-14-10-15(19-4)6-7-16(14)17/h6-7,10,12-13,18H,5,8-9,11H2,1-4H3. The lowest BCUT2D eigenvalue weighted by molar-refractivity contribution is 0.385. The van der Waals surface area contributed by atoms with Crippen molar-refractivity contribution in [2.45, 2.75) is 33.6 Å². The van der Waals surface area contributed by atoms with E-state index < -0.39 is 0 Å². The van der Waals surface area contributed by atoms with Crippen molar-refractivity contribution >= 4 is 15.9 Å². The minimum absolute atomic E-state index is 0.670. The van der Waals surface area contributed by atoms with Crippen LogP contribution < -0.4 is 10.1 Å². The molecule has 0 spiro atoms. The second kappa shape index (κ2) is 8.60. The summed E-state index contributed by atoms with van der Waals surface area (Å²) in [7, 11) is 1.72. The van der Waals surface area contributed by atoms with Gasteiger partial charge in [-0.05, 0) is 61.5 Å². The molecule has 0 saturated heterocycles. The number of rotatable bonds is 8. The molecular formula is C16H26BrNO. The van der Waals surface area contributed by atoms with Gasteiger partial charge in [-0.3, -0.25) is 0 Å². The predicted octanol–water partition coefficient (Wildman–Crippen LogP) is 4.27. The van der Waals surface area contributed by atoms with E-state index >= 15 is 0 Å². The first-order valence-corrected chi connectivity index (χ1v) is 7.89. The summed E-state index contributed by atoms with van der Waals surface area (Å²) in [5.41, 5.74) is 1.34. The van der Waals surface area contributed by atoms with Crippen molar-refractivity contribution in [2.24, 2.45) is 11.8 Å². The van der Waals surface area contributed by atoms with Crippen molar-refractivity contribution < 1.29 is 4.74 Å². The molecule has 108 valence electrons. The van der Waals surface area contributed by atoms with Gasteiger partial charge in [-0.25, -0.2) is 0 Å². The maximum absolute atomic E-state index is 5.32. The van der Waals surface area contributed by atoms with Crippen molar-refractivity contribution in [2.75, 3.05) is 20.2 Å². The highest BCUT2D eigenvalue weighted by atomic mass is 79.9. The lowest BCUT2D eigenvalue weighted by Crippen LogP contribution is -2.25. The summed E-state index contributed by atoms with van der Waals surface area (Å²) in [6.45, 7) is 8.86. The van der Waals surface area contributed by atoms with Crippen molar-refractivity contribution in [3.05, 3.63) is 28.2 Å². The van der Waals surface area contributed by atoms with Gasteiger partial charge in [0.25, 0.3) is 0 Å². The SMILES string of the molecule is CCNCC(Cc1cc(OC)ccc1Br)CC(C)C. The van der Waals surface area contributed by atoms with Crippen LogP contribution in [0.15, 0.2) is 22.7 Å². The lowest BCUT2D eigenvalue weighted by atomic mass is 9.91. The number of ether oxygens (including phenoxy) is 1. The zero-order valence-corrected chi connectivity index (χ0v) is 14.1. The monoisotopic (exact) mass is 327 g/mol. The Morgan fingerprint density at radius 2 is 2.05 bits per heavy atom. The second-order valence-corrected chi connectivity index (χ2v) is 6.32. The van der Waals surface area contributed by atoms with Crippen LogP contribution in [0.5, 0.6) is 5.75 Å². The molecule has 0 heterocycles. The molecule has 0 aromatic heterocycles. The molecule has 0 amide bonds. The van der Waals surface area contributed by atoms with E-state index in [4.69, 9.17) is 4.74 Å². The fourth-order valence-corrected chi connectivity index (χ4v) is 2.81. The topological polar surface area (TPSA) is 21.3 Å². The Hall–Kier alpha value is -0.540. The van der Waals surface area contributed by atoms with Gasteiger partial charge in [0, 0.05) is 4.47 Å². The Morgan fingerprint density at radius 1 is 1.32 bits per heavy atom. The highest BCUT2D eigenvalue weighted by molar-refractivity contribution is 9.10. The van der Waals surface area contributed by atoms with Crippen LogP contribution in [0.25, 0.3) is 0 Å². The maximum Gasteiger partial charge on any atom is 0.119 e. The van der Waals surface area contributed by atoms with Crippen molar-refractivity contribution in [3.63, 3.8) is 0 Å². The van der Waals surface area contributed by atoms with E-state index in [1.54, 1.807) is 7.11 Å². The Kier molecular flexibility index (Phi) is 7.47. The molecule has 0 aliphatic heterocycles. The van der Waals surface area contributed by atoms with Crippen LogP contribution in [0.4, 0.5) is 0 Å². The third-order valence-electron chi connectivity index (χ3n) is 3.25. The average molecular weight is 328 g/mol. The summed E-state index contributed by atoms with van der Waals surface area (Å²) >= 11 is 3.65. The number of benzene rings is 1. The molecule has 1 rings (SSSR count). The number of hydrogen-bond donors (Lipinski definition) is 1. The van der Waals surface area contributed by atoms with Gasteiger partial charge < -0.3 is 10.1 Å². The van der Waals surface area contributed by atoms with E-state index in [-0.39, 0.29) is 0 Å². The third kappa shape index (κ3) is 5.96. The molecule has 0 fully saturated rings. The number of nitrogens with one attached hydrogen (secondary N) is 1. The number of halogens is 1. The minimum Gasteiger partial charge on any atom is -0.497 e. The van der Waals surface area contributed by atoms with Crippen molar-refractivity contribution in [1.82, 2.24) is 5.32 Å². The molecular weight excluding hydrogens is 302 g/mol. The van der Waals surface area contributed by atoms with Crippen LogP contribution in [0, 0.1) is 11.8 Å². The molecule has 3 heteroatoms. The normalized spacial score (nSPS) is 12.7. The van der Waals surface area contributed by atoms with E-state index in [1.807, 2.05) is 6.07 Å². The predicted molar refractivity (Wildman–Crippen MR) is 85.9 cm³/mol. The Morgan fingerprint density at radius 3 is 2.63 bits per heavy atom. The zero-order valence-electron chi connectivity index (χ0n) is 12.5. The van der Waals surface area contributed by atoms with Gasteiger partial charge in [0.1, 0.15) is 5.75 Å². The van der Waals surface area contributed by atoms with Crippen LogP contribution in [0.1, 0.15) is 32.8 Å². The fourth-order valence-electron chi connectivity index (χ4n) is 2.40. The van der Waals surface area contributed by atoms with Gasteiger partial charge >= 0.3 is 0 Å². The molecule has 1 aromatic rings. The smallest absolute Gasteiger partial charge is 0.119 e. The van der Waals surface area contributed by atoms with Crippen LogP contribution in [0.3, 0.4) is 0 Å². The summed E-state index contributed by atoms with van der Waals surface area (Å²) in [6, 6.07) is 6.21. The molecule has 0 bridgehead atoms. The first-order chi connectivity index (χ1) is 9.06. The van der Waals surface area contributed by atoms with E-state index in [0.717, 1.165) is 31.2 Å². The van der Waals surface area contributed by atoms with Gasteiger partial charge in [-0.2, -0.15) is 0 Å². The summed E-state index contributed by atoms with van der Waals surface area (Å²) in [5, 5.41) is 3.48. The third-order valence-corrected chi connectivity index (χ3v) is 4.02. The summed E-state index contributed by atoms with van der Waals surface area (Å²) in [6.07, 6.45) is 2.33. The van der Waals surface area contributed by atoms with Crippen LogP contribution in [-0.4, -0.2) is 20.2 Å². The average Bonchev–Trinajstić information content (AvgIpc) is 2.37.